The highest BCUT2D eigenvalue weighted by molar-refractivity contribution is 9.10. The minimum absolute atomic E-state index is 1.07. The Kier molecular flexibility index (Phi) is 3.76. The smallest absolute Gasteiger partial charge is 0.0332 e. The molecule has 0 saturated heterocycles. The molecule has 0 fully saturated rings. The maximum Gasteiger partial charge on any atom is 0.0332 e. The van der Waals surface area contributed by atoms with Crippen LogP contribution in [0, 0.1) is 0 Å². The Morgan fingerprint density at radius 2 is 1.29 bits per heavy atom. The number of hydrogen-bond donors (Lipinski definition) is 0. The van der Waals surface area contributed by atoms with Gasteiger partial charge in [-0.05, 0) is 49.0 Å². The van der Waals surface area contributed by atoms with Gasteiger partial charge in [-0.25, -0.2) is 0 Å². The number of fused-ring (bicyclic) bond motifs is 1. The van der Waals surface area contributed by atoms with Crippen LogP contribution in [-0.4, -0.2) is 0 Å². The van der Waals surface area contributed by atoms with E-state index < -0.39 is 0 Å². The zero-order valence-corrected chi connectivity index (χ0v) is 13.2. The highest BCUT2D eigenvalue weighted by Gasteiger charge is 2.15. The van der Waals surface area contributed by atoms with E-state index >= 15 is 0 Å². The molecule has 0 aliphatic carbocycles. The Bertz CT molecular complexity index is 829. The van der Waals surface area contributed by atoms with Crippen molar-refractivity contribution in [1.29, 1.82) is 0 Å². The number of hydrogen-bond acceptors (Lipinski definition) is 0. The van der Waals surface area contributed by atoms with E-state index in [2.05, 4.69) is 77.6 Å². The van der Waals surface area contributed by atoms with Gasteiger partial charge >= 0.3 is 0 Å². The second kappa shape index (κ2) is 5.71. The molecule has 0 nitrogen and oxygen atoms in total. The Hall–Kier alpha value is -2.12. The lowest BCUT2D eigenvalue weighted by atomic mass is 9.89. The molecule has 3 rings (SSSR count). The van der Waals surface area contributed by atoms with Crippen molar-refractivity contribution in [3.05, 3.63) is 83.4 Å². The van der Waals surface area contributed by atoms with Gasteiger partial charge in [0.1, 0.15) is 0 Å². The summed E-state index contributed by atoms with van der Waals surface area (Å²) in [6.45, 7) is 7.97. The summed E-state index contributed by atoms with van der Waals surface area (Å²) in [6.07, 6.45) is 3.80. The third-order valence-corrected chi connectivity index (χ3v) is 4.55. The predicted octanol–water partition coefficient (Wildman–Crippen LogP) is 6.56. The highest BCUT2D eigenvalue weighted by Crippen LogP contribution is 2.40. The van der Waals surface area contributed by atoms with Crippen molar-refractivity contribution in [2.24, 2.45) is 0 Å². The van der Waals surface area contributed by atoms with Gasteiger partial charge in [-0.1, -0.05) is 79.9 Å². The van der Waals surface area contributed by atoms with E-state index in [-0.39, 0.29) is 0 Å². The molecule has 0 saturated carbocycles. The molecule has 0 N–H and O–H groups in total. The Morgan fingerprint density at radius 3 is 1.90 bits per heavy atom. The number of benzene rings is 3. The van der Waals surface area contributed by atoms with Crippen LogP contribution in [0.3, 0.4) is 0 Å². The lowest BCUT2D eigenvalue weighted by molar-refractivity contribution is 1.58. The van der Waals surface area contributed by atoms with E-state index in [1.807, 2.05) is 18.2 Å². The summed E-state index contributed by atoms with van der Waals surface area (Å²) in [5.41, 5.74) is 4.60. The van der Waals surface area contributed by atoms with Crippen LogP contribution in [0.25, 0.3) is 34.1 Å². The van der Waals surface area contributed by atoms with Gasteiger partial charge in [0.05, 0.1) is 0 Å². The molecule has 0 bridgehead atoms. The Labute approximate surface area is 133 Å². The lowest BCUT2D eigenvalue weighted by Crippen LogP contribution is -1.92. The summed E-state index contributed by atoms with van der Waals surface area (Å²) < 4.78 is 1.07. The fourth-order valence-corrected chi connectivity index (χ4v) is 3.48. The summed E-state index contributed by atoms with van der Waals surface area (Å²) in [4.78, 5) is 0. The third kappa shape index (κ3) is 2.24. The van der Waals surface area contributed by atoms with Gasteiger partial charge in [-0.15, -0.1) is 0 Å². The molecule has 0 atom stereocenters. The van der Waals surface area contributed by atoms with Crippen molar-refractivity contribution < 1.29 is 0 Å². The minimum Gasteiger partial charge on any atom is -0.0984 e. The first kappa shape index (κ1) is 13.8. The van der Waals surface area contributed by atoms with Crippen LogP contribution in [0.2, 0.25) is 0 Å². The molecule has 0 amide bonds. The molecular formula is C20H15Br. The van der Waals surface area contributed by atoms with Crippen molar-refractivity contribution in [3.8, 4) is 11.1 Å². The molecule has 3 aromatic rings. The molecule has 0 heterocycles. The molecule has 3 aromatic carbocycles. The van der Waals surface area contributed by atoms with E-state index in [4.69, 9.17) is 0 Å². The van der Waals surface area contributed by atoms with Crippen molar-refractivity contribution >= 4 is 38.9 Å². The van der Waals surface area contributed by atoms with E-state index in [0.717, 1.165) is 15.6 Å². The van der Waals surface area contributed by atoms with Crippen LogP contribution in [-0.2, 0) is 0 Å². The van der Waals surface area contributed by atoms with E-state index in [1.165, 1.54) is 21.9 Å². The van der Waals surface area contributed by atoms with Crippen LogP contribution in [0.15, 0.2) is 72.2 Å². The Balaban J connectivity index is 2.55. The summed E-state index contributed by atoms with van der Waals surface area (Å²) in [5, 5.41) is 2.41. The van der Waals surface area contributed by atoms with Crippen molar-refractivity contribution in [1.82, 2.24) is 0 Å². The SMILES string of the molecule is C=Cc1c(C=C)c(-c2ccccc2)c2ccccc2c1Br. The maximum absolute atomic E-state index is 4.01. The van der Waals surface area contributed by atoms with E-state index in [9.17, 15) is 0 Å². The van der Waals surface area contributed by atoms with Gasteiger partial charge in [0.15, 0.2) is 0 Å². The van der Waals surface area contributed by atoms with Crippen LogP contribution < -0.4 is 0 Å². The van der Waals surface area contributed by atoms with Gasteiger partial charge in [0, 0.05) is 4.47 Å². The topological polar surface area (TPSA) is 0 Å². The third-order valence-electron chi connectivity index (χ3n) is 3.70. The first-order valence-corrected chi connectivity index (χ1v) is 7.61. The number of rotatable bonds is 3. The van der Waals surface area contributed by atoms with Gasteiger partial charge in [-0.3, -0.25) is 0 Å². The van der Waals surface area contributed by atoms with Gasteiger partial charge in [0.25, 0.3) is 0 Å². The standard InChI is InChI=1S/C20H15Br/c1-3-15-16(4-2)20(21)18-13-9-8-12-17(18)19(15)14-10-6-5-7-11-14/h3-13H,1-2H2. The molecule has 0 aliphatic heterocycles. The molecule has 0 aromatic heterocycles. The van der Waals surface area contributed by atoms with Crippen molar-refractivity contribution in [2.45, 2.75) is 0 Å². The summed E-state index contributed by atoms with van der Waals surface area (Å²) in [7, 11) is 0. The second-order valence-corrected chi connectivity index (χ2v) is 5.63. The molecule has 0 aliphatic rings. The maximum atomic E-state index is 4.01. The summed E-state index contributed by atoms with van der Waals surface area (Å²) >= 11 is 3.72. The average Bonchev–Trinajstić information content (AvgIpc) is 2.55. The molecule has 1 heteroatoms. The Morgan fingerprint density at radius 1 is 0.714 bits per heavy atom. The van der Waals surface area contributed by atoms with Crippen LogP contribution in [0.4, 0.5) is 0 Å². The first-order valence-electron chi connectivity index (χ1n) is 6.82. The van der Waals surface area contributed by atoms with Crippen molar-refractivity contribution in [2.75, 3.05) is 0 Å². The molecular weight excluding hydrogens is 320 g/mol. The van der Waals surface area contributed by atoms with Gasteiger partial charge < -0.3 is 0 Å². The van der Waals surface area contributed by atoms with Gasteiger partial charge in [0.2, 0.25) is 0 Å². The predicted molar refractivity (Wildman–Crippen MR) is 97.3 cm³/mol. The quantitative estimate of drug-likeness (QED) is 0.509. The fraction of sp³-hybridized carbons (Fsp3) is 0. The average molecular weight is 335 g/mol. The van der Waals surface area contributed by atoms with Crippen molar-refractivity contribution in [3.63, 3.8) is 0 Å². The zero-order chi connectivity index (χ0) is 14.8. The molecule has 0 spiro atoms. The second-order valence-electron chi connectivity index (χ2n) is 4.84. The largest absolute Gasteiger partial charge is 0.0984 e. The normalized spacial score (nSPS) is 10.5. The molecule has 21 heavy (non-hydrogen) atoms. The molecule has 0 unspecified atom stereocenters. The van der Waals surface area contributed by atoms with Gasteiger partial charge in [-0.2, -0.15) is 0 Å². The zero-order valence-electron chi connectivity index (χ0n) is 11.6. The molecule has 102 valence electrons. The monoisotopic (exact) mass is 334 g/mol. The highest BCUT2D eigenvalue weighted by atomic mass is 79.9. The number of halogens is 1. The van der Waals surface area contributed by atoms with E-state index in [0.29, 0.717) is 0 Å². The van der Waals surface area contributed by atoms with Crippen LogP contribution in [0.1, 0.15) is 11.1 Å². The van der Waals surface area contributed by atoms with Crippen LogP contribution >= 0.6 is 15.9 Å². The summed E-state index contributed by atoms with van der Waals surface area (Å²) in [5.74, 6) is 0. The van der Waals surface area contributed by atoms with E-state index in [1.54, 1.807) is 0 Å². The molecule has 0 radical (unpaired) electrons. The lowest BCUT2D eigenvalue weighted by Gasteiger charge is -2.16. The first-order chi connectivity index (χ1) is 10.3. The van der Waals surface area contributed by atoms with Crippen LogP contribution in [0.5, 0.6) is 0 Å². The fourth-order valence-electron chi connectivity index (χ4n) is 2.76. The summed E-state index contributed by atoms with van der Waals surface area (Å²) in [6, 6.07) is 18.8. The minimum atomic E-state index is 1.07.